The van der Waals surface area contributed by atoms with Crippen LogP contribution in [0.3, 0.4) is 0 Å². The lowest BCUT2D eigenvalue weighted by Gasteiger charge is -2.08. The molecule has 0 bridgehead atoms. The molecular formula is C10H14N2O2. The predicted octanol–water partition coefficient (Wildman–Crippen LogP) is 0.781. The van der Waals surface area contributed by atoms with Crippen LogP contribution < -0.4 is 0 Å². The number of aliphatic hydroxyl groups excluding tert-OH is 1. The minimum absolute atomic E-state index is 0.0239. The van der Waals surface area contributed by atoms with Crippen molar-refractivity contribution in [1.82, 2.24) is 9.97 Å². The highest BCUT2D eigenvalue weighted by atomic mass is 16.5. The van der Waals surface area contributed by atoms with E-state index in [0.717, 1.165) is 24.5 Å². The Hall–Kier alpha value is -1.00. The Labute approximate surface area is 83.0 Å². The molecule has 0 saturated carbocycles. The van der Waals surface area contributed by atoms with Crippen molar-refractivity contribution < 1.29 is 9.84 Å². The molecule has 1 fully saturated rings. The second-order valence-corrected chi connectivity index (χ2v) is 3.58. The van der Waals surface area contributed by atoms with Crippen molar-refractivity contribution in [2.75, 3.05) is 13.2 Å². The van der Waals surface area contributed by atoms with Gasteiger partial charge in [0.15, 0.2) is 0 Å². The average Bonchev–Trinajstić information content (AvgIpc) is 2.69. The summed E-state index contributed by atoms with van der Waals surface area (Å²) in [5.41, 5.74) is 1.60. The topological polar surface area (TPSA) is 55.2 Å². The van der Waals surface area contributed by atoms with E-state index >= 15 is 0 Å². The fraction of sp³-hybridized carbons (Fsp3) is 0.600. The predicted molar refractivity (Wildman–Crippen MR) is 50.9 cm³/mol. The molecule has 1 aromatic heterocycles. The minimum atomic E-state index is -0.0239. The Morgan fingerprint density at radius 2 is 2.43 bits per heavy atom. The van der Waals surface area contributed by atoms with Gasteiger partial charge in [-0.2, -0.15) is 0 Å². The van der Waals surface area contributed by atoms with Gasteiger partial charge in [0.1, 0.15) is 5.82 Å². The normalized spacial score (nSPS) is 21.4. The van der Waals surface area contributed by atoms with Crippen molar-refractivity contribution in [1.29, 1.82) is 0 Å². The summed E-state index contributed by atoms with van der Waals surface area (Å²) in [4.78, 5) is 8.65. The van der Waals surface area contributed by atoms with E-state index in [1.165, 1.54) is 0 Å². The minimum Gasteiger partial charge on any atom is -0.390 e. The van der Waals surface area contributed by atoms with Crippen LogP contribution in [0, 0.1) is 6.92 Å². The Morgan fingerprint density at radius 3 is 3.07 bits per heavy atom. The van der Waals surface area contributed by atoms with Gasteiger partial charge in [-0.25, -0.2) is 9.97 Å². The van der Waals surface area contributed by atoms with E-state index < -0.39 is 0 Å². The standard InChI is InChI=1S/C10H14N2O2/c1-7-4-9(5-13)12-10(11-7)8-2-3-14-6-8/h4,8,13H,2-3,5-6H2,1H3. The van der Waals surface area contributed by atoms with E-state index in [9.17, 15) is 0 Å². The van der Waals surface area contributed by atoms with Crippen LogP contribution in [0.5, 0.6) is 0 Å². The largest absolute Gasteiger partial charge is 0.390 e. The number of nitrogens with zero attached hydrogens (tertiary/aromatic N) is 2. The first kappa shape index (κ1) is 9.55. The third kappa shape index (κ3) is 1.91. The van der Waals surface area contributed by atoms with Gasteiger partial charge in [-0.05, 0) is 19.4 Å². The maximum atomic E-state index is 9.01. The molecular weight excluding hydrogens is 180 g/mol. The van der Waals surface area contributed by atoms with E-state index in [1.54, 1.807) is 6.07 Å². The Balaban J connectivity index is 2.27. The molecule has 1 atom stereocenters. The Morgan fingerprint density at radius 1 is 1.57 bits per heavy atom. The van der Waals surface area contributed by atoms with Crippen LogP contribution >= 0.6 is 0 Å². The molecule has 1 N–H and O–H groups in total. The first-order valence-corrected chi connectivity index (χ1v) is 4.82. The highest BCUT2D eigenvalue weighted by molar-refractivity contribution is 5.12. The fourth-order valence-corrected chi connectivity index (χ4v) is 1.66. The van der Waals surface area contributed by atoms with Crippen molar-refractivity contribution in [2.24, 2.45) is 0 Å². The number of ether oxygens (including phenoxy) is 1. The SMILES string of the molecule is Cc1cc(CO)nc(C2CCOC2)n1. The van der Waals surface area contributed by atoms with Crippen LogP contribution in [-0.4, -0.2) is 28.3 Å². The van der Waals surface area contributed by atoms with Gasteiger partial charge < -0.3 is 9.84 Å². The molecule has 1 saturated heterocycles. The smallest absolute Gasteiger partial charge is 0.134 e. The molecule has 0 aromatic carbocycles. The lowest BCUT2D eigenvalue weighted by Crippen LogP contribution is -2.07. The van der Waals surface area contributed by atoms with Crippen LogP contribution in [0.1, 0.15) is 29.6 Å². The summed E-state index contributed by atoms with van der Waals surface area (Å²) in [6.45, 7) is 3.38. The summed E-state index contributed by atoms with van der Waals surface area (Å²) in [6.07, 6.45) is 0.980. The zero-order valence-corrected chi connectivity index (χ0v) is 8.23. The molecule has 1 unspecified atom stereocenters. The summed E-state index contributed by atoms with van der Waals surface area (Å²) in [7, 11) is 0. The number of aryl methyl sites for hydroxylation is 1. The van der Waals surface area contributed by atoms with Gasteiger partial charge in [-0.3, -0.25) is 0 Å². The van der Waals surface area contributed by atoms with Crippen LogP contribution in [-0.2, 0) is 11.3 Å². The van der Waals surface area contributed by atoms with Crippen LogP contribution in [0.25, 0.3) is 0 Å². The van der Waals surface area contributed by atoms with E-state index in [2.05, 4.69) is 9.97 Å². The summed E-state index contributed by atoms with van der Waals surface area (Å²) in [5, 5.41) is 9.01. The number of aromatic nitrogens is 2. The molecule has 2 heterocycles. The summed E-state index contributed by atoms with van der Waals surface area (Å²) in [5.74, 6) is 1.12. The maximum absolute atomic E-state index is 9.01. The van der Waals surface area contributed by atoms with Gasteiger partial charge in [-0.15, -0.1) is 0 Å². The van der Waals surface area contributed by atoms with Crippen LogP contribution in [0.2, 0.25) is 0 Å². The third-order valence-corrected chi connectivity index (χ3v) is 2.38. The van der Waals surface area contributed by atoms with Crippen molar-refractivity contribution in [3.05, 3.63) is 23.3 Å². The monoisotopic (exact) mass is 194 g/mol. The van der Waals surface area contributed by atoms with E-state index in [1.807, 2.05) is 6.92 Å². The lowest BCUT2D eigenvalue weighted by molar-refractivity contribution is 0.193. The number of hydrogen-bond donors (Lipinski definition) is 1. The molecule has 1 aromatic rings. The number of aliphatic hydroxyl groups is 1. The zero-order chi connectivity index (χ0) is 9.97. The Bertz CT molecular complexity index is 322. The highest BCUT2D eigenvalue weighted by Crippen LogP contribution is 2.22. The van der Waals surface area contributed by atoms with Crippen molar-refractivity contribution >= 4 is 0 Å². The van der Waals surface area contributed by atoms with Crippen molar-refractivity contribution in [3.8, 4) is 0 Å². The molecule has 0 spiro atoms. The van der Waals surface area contributed by atoms with Crippen molar-refractivity contribution in [3.63, 3.8) is 0 Å². The Kier molecular flexibility index (Phi) is 2.74. The van der Waals surface area contributed by atoms with Crippen LogP contribution in [0.15, 0.2) is 6.07 Å². The molecule has 76 valence electrons. The maximum Gasteiger partial charge on any atom is 0.134 e. The fourth-order valence-electron chi connectivity index (χ4n) is 1.66. The molecule has 1 aliphatic rings. The molecule has 2 rings (SSSR count). The second kappa shape index (κ2) is 4.02. The quantitative estimate of drug-likeness (QED) is 0.756. The van der Waals surface area contributed by atoms with E-state index in [-0.39, 0.29) is 6.61 Å². The second-order valence-electron chi connectivity index (χ2n) is 3.58. The van der Waals surface area contributed by atoms with Gasteiger partial charge in [-0.1, -0.05) is 0 Å². The van der Waals surface area contributed by atoms with E-state index in [0.29, 0.717) is 18.2 Å². The average molecular weight is 194 g/mol. The molecule has 0 radical (unpaired) electrons. The van der Waals surface area contributed by atoms with Crippen molar-refractivity contribution in [2.45, 2.75) is 25.9 Å². The van der Waals surface area contributed by atoms with Gasteiger partial charge in [0.2, 0.25) is 0 Å². The highest BCUT2D eigenvalue weighted by Gasteiger charge is 2.20. The third-order valence-electron chi connectivity index (χ3n) is 2.38. The van der Waals surface area contributed by atoms with Gasteiger partial charge in [0.25, 0.3) is 0 Å². The lowest BCUT2D eigenvalue weighted by atomic mass is 10.1. The molecule has 14 heavy (non-hydrogen) atoms. The molecule has 4 nitrogen and oxygen atoms in total. The number of hydrogen-bond acceptors (Lipinski definition) is 4. The zero-order valence-electron chi connectivity index (χ0n) is 8.23. The first-order chi connectivity index (χ1) is 6.79. The van der Waals surface area contributed by atoms with Gasteiger partial charge in [0.05, 0.1) is 18.9 Å². The molecule has 1 aliphatic heterocycles. The molecule has 0 aliphatic carbocycles. The summed E-state index contributed by atoms with van der Waals surface area (Å²) in [6, 6.07) is 1.80. The first-order valence-electron chi connectivity index (χ1n) is 4.82. The molecule has 4 heteroatoms. The van der Waals surface area contributed by atoms with Crippen LogP contribution in [0.4, 0.5) is 0 Å². The van der Waals surface area contributed by atoms with Gasteiger partial charge >= 0.3 is 0 Å². The molecule has 0 amide bonds. The summed E-state index contributed by atoms with van der Waals surface area (Å²) >= 11 is 0. The summed E-state index contributed by atoms with van der Waals surface area (Å²) < 4.78 is 5.28. The number of rotatable bonds is 2. The van der Waals surface area contributed by atoms with Gasteiger partial charge in [0, 0.05) is 18.2 Å². The van der Waals surface area contributed by atoms with E-state index in [4.69, 9.17) is 9.84 Å².